The third-order valence-electron chi connectivity index (χ3n) is 2.91. The first kappa shape index (κ1) is 11.1. The molecular formula is C12H16BrNO. The predicted molar refractivity (Wildman–Crippen MR) is 64.5 cm³/mol. The molecule has 2 atom stereocenters. The molecule has 2 rings (SSSR count). The Morgan fingerprint density at radius 3 is 2.80 bits per heavy atom. The molecule has 1 fully saturated rings. The summed E-state index contributed by atoms with van der Waals surface area (Å²) < 4.78 is 6.94. The number of halogens is 1. The smallest absolute Gasteiger partial charge is 0.0732 e. The minimum atomic E-state index is 0.229. The largest absolute Gasteiger partial charge is 0.372 e. The van der Waals surface area contributed by atoms with Crippen molar-refractivity contribution in [1.82, 2.24) is 0 Å². The SMILES string of the molecule is NC1CCCC1OCc1ccccc1Br. The van der Waals surface area contributed by atoms with Crippen LogP contribution in [0.2, 0.25) is 0 Å². The van der Waals surface area contributed by atoms with E-state index in [2.05, 4.69) is 22.0 Å². The van der Waals surface area contributed by atoms with Gasteiger partial charge in [0.2, 0.25) is 0 Å². The summed E-state index contributed by atoms with van der Waals surface area (Å²) in [5, 5.41) is 0. The second-order valence-electron chi connectivity index (χ2n) is 4.04. The summed E-state index contributed by atoms with van der Waals surface area (Å²) in [7, 11) is 0. The van der Waals surface area contributed by atoms with Crippen LogP contribution in [0.4, 0.5) is 0 Å². The molecule has 1 saturated carbocycles. The average molecular weight is 270 g/mol. The molecule has 1 aromatic rings. The Morgan fingerprint density at radius 2 is 2.13 bits per heavy atom. The molecule has 0 heterocycles. The first-order chi connectivity index (χ1) is 7.27. The van der Waals surface area contributed by atoms with Gasteiger partial charge in [0.25, 0.3) is 0 Å². The molecule has 1 aliphatic carbocycles. The van der Waals surface area contributed by atoms with Gasteiger partial charge >= 0.3 is 0 Å². The standard InChI is InChI=1S/C12H16BrNO/c13-10-5-2-1-4-9(10)8-15-12-7-3-6-11(12)14/h1-2,4-5,11-12H,3,6-8,14H2. The van der Waals surface area contributed by atoms with Crippen molar-refractivity contribution in [3.8, 4) is 0 Å². The summed E-state index contributed by atoms with van der Waals surface area (Å²) in [5.41, 5.74) is 7.14. The third-order valence-corrected chi connectivity index (χ3v) is 3.69. The topological polar surface area (TPSA) is 35.2 Å². The first-order valence-corrected chi connectivity index (χ1v) is 6.17. The van der Waals surface area contributed by atoms with E-state index >= 15 is 0 Å². The molecule has 0 amide bonds. The van der Waals surface area contributed by atoms with Crippen LogP contribution in [0.1, 0.15) is 24.8 Å². The van der Waals surface area contributed by atoms with Gasteiger partial charge in [0.1, 0.15) is 0 Å². The van der Waals surface area contributed by atoms with E-state index in [4.69, 9.17) is 10.5 Å². The maximum atomic E-state index is 5.94. The van der Waals surface area contributed by atoms with Crippen LogP contribution in [0, 0.1) is 0 Å². The molecule has 0 aromatic heterocycles. The number of hydrogen-bond acceptors (Lipinski definition) is 2. The number of hydrogen-bond donors (Lipinski definition) is 1. The van der Waals surface area contributed by atoms with Crippen LogP contribution in [-0.4, -0.2) is 12.1 Å². The average Bonchev–Trinajstić information content (AvgIpc) is 2.63. The predicted octanol–water partition coefficient (Wildman–Crippen LogP) is 2.85. The van der Waals surface area contributed by atoms with E-state index in [-0.39, 0.29) is 12.1 Å². The van der Waals surface area contributed by atoms with Gasteiger partial charge in [0, 0.05) is 10.5 Å². The normalized spacial score (nSPS) is 25.7. The Morgan fingerprint density at radius 1 is 1.33 bits per heavy atom. The van der Waals surface area contributed by atoms with E-state index in [9.17, 15) is 0 Å². The zero-order chi connectivity index (χ0) is 10.7. The van der Waals surface area contributed by atoms with Gasteiger partial charge in [-0.25, -0.2) is 0 Å². The van der Waals surface area contributed by atoms with Crippen LogP contribution < -0.4 is 5.73 Å². The van der Waals surface area contributed by atoms with Gasteiger partial charge in [-0.3, -0.25) is 0 Å². The lowest BCUT2D eigenvalue weighted by Gasteiger charge is -2.16. The van der Waals surface area contributed by atoms with Crippen molar-refractivity contribution in [3.05, 3.63) is 34.3 Å². The van der Waals surface area contributed by atoms with Crippen molar-refractivity contribution in [2.75, 3.05) is 0 Å². The fourth-order valence-electron chi connectivity index (χ4n) is 1.97. The maximum absolute atomic E-state index is 5.94. The van der Waals surface area contributed by atoms with Gasteiger partial charge in [0.15, 0.2) is 0 Å². The highest BCUT2D eigenvalue weighted by Gasteiger charge is 2.24. The molecule has 2 nitrogen and oxygen atoms in total. The summed E-state index contributed by atoms with van der Waals surface area (Å²) in [4.78, 5) is 0. The lowest BCUT2D eigenvalue weighted by atomic mass is 10.2. The van der Waals surface area contributed by atoms with Gasteiger partial charge in [-0.1, -0.05) is 34.1 Å². The van der Waals surface area contributed by atoms with E-state index in [1.807, 2.05) is 18.2 Å². The molecule has 82 valence electrons. The second-order valence-corrected chi connectivity index (χ2v) is 4.89. The molecule has 2 unspecified atom stereocenters. The van der Waals surface area contributed by atoms with Crippen LogP contribution in [0.15, 0.2) is 28.7 Å². The Labute approximate surface area is 98.9 Å². The second kappa shape index (κ2) is 5.10. The monoisotopic (exact) mass is 269 g/mol. The summed E-state index contributed by atoms with van der Waals surface area (Å²) in [6, 6.07) is 8.37. The minimum absolute atomic E-state index is 0.229. The number of ether oxygens (including phenoxy) is 1. The summed E-state index contributed by atoms with van der Waals surface area (Å²) in [6.45, 7) is 0.653. The zero-order valence-corrected chi connectivity index (χ0v) is 10.2. The van der Waals surface area contributed by atoms with Crippen molar-refractivity contribution in [3.63, 3.8) is 0 Å². The van der Waals surface area contributed by atoms with E-state index in [0.717, 1.165) is 17.3 Å². The molecule has 15 heavy (non-hydrogen) atoms. The number of benzene rings is 1. The number of rotatable bonds is 3. The van der Waals surface area contributed by atoms with Gasteiger partial charge in [-0.05, 0) is 30.9 Å². The Hall–Kier alpha value is -0.380. The molecular weight excluding hydrogens is 254 g/mol. The Balaban J connectivity index is 1.90. The van der Waals surface area contributed by atoms with Crippen LogP contribution >= 0.6 is 15.9 Å². The molecule has 0 spiro atoms. The highest BCUT2D eigenvalue weighted by atomic mass is 79.9. The van der Waals surface area contributed by atoms with Crippen molar-refractivity contribution in [2.45, 2.75) is 38.0 Å². The molecule has 0 radical (unpaired) electrons. The van der Waals surface area contributed by atoms with Crippen LogP contribution in [0.5, 0.6) is 0 Å². The van der Waals surface area contributed by atoms with Crippen LogP contribution in [0.3, 0.4) is 0 Å². The first-order valence-electron chi connectivity index (χ1n) is 5.38. The molecule has 0 saturated heterocycles. The molecule has 0 aliphatic heterocycles. The lowest BCUT2D eigenvalue weighted by molar-refractivity contribution is 0.0354. The number of nitrogens with two attached hydrogens (primary N) is 1. The molecule has 2 N–H and O–H groups in total. The van der Waals surface area contributed by atoms with Crippen LogP contribution in [0.25, 0.3) is 0 Å². The zero-order valence-electron chi connectivity index (χ0n) is 8.66. The Kier molecular flexibility index (Phi) is 3.78. The van der Waals surface area contributed by atoms with E-state index < -0.39 is 0 Å². The molecule has 0 bridgehead atoms. The Bertz CT molecular complexity index is 329. The molecule has 1 aromatic carbocycles. The summed E-state index contributed by atoms with van der Waals surface area (Å²) in [5.74, 6) is 0. The minimum Gasteiger partial charge on any atom is -0.372 e. The van der Waals surface area contributed by atoms with Gasteiger partial charge in [-0.15, -0.1) is 0 Å². The lowest BCUT2D eigenvalue weighted by Crippen LogP contribution is -2.31. The fourth-order valence-corrected chi connectivity index (χ4v) is 2.37. The highest BCUT2D eigenvalue weighted by Crippen LogP contribution is 2.23. The van der Waals surface area contributed by atoms with E-state index in [0.29, 0.717) is 6.61 Å². The summed E-state index contributed by atoms with van der Waals surface area (Å²) >= 11 is 3.51. The van der Waals surface area contributed by atoms with Crippen LogP contribution in [-0.2, 0) is 11.3 Å². The quantitative estimate of drug-likeness (QED) is 0.916. The third kappa shape index (κ3) is 2.80. The van der Waals surface area contributed by atoms with Gasteiger partial charge in [0.05, 0.1) is 12.7 Å². The van der Waals surface area contributed by atoms with E-state index in [1.54, 1.807) is 0 Å². The van der Waals surface area contributed by atoms with Crippen molar-refractivity contribution < 1.29 is 4.74 Å². The van der Waals surface area contributed by atoms with Crippen molar-refractivity contribution in [2.24, 2.45) is 5.73 Å². The van der Waals surface area contributed by atoms with Gasteiger partial charge in [-0.2, -0.15) is 0 Å². The van der Waals surface area contributed by atoms with Crippen molar-refractivity contribution >= 4 is 15.9 Å². The van der Waals surface area contributed by atoms with Crippen molar-refractivity contribution in [1.29, 1.82) is 0 Å². The van der Waals surface area contributed by atoms with Gasteiger partial charge < -0.3 is 10.5 Å². The maximum Gasteiger partial charge on any atom is 0.0732 e. The van der Waals surface area contributed by atoms with E-state index in [1.165, 1.54) is 12.0 Å². The molecule has 1 aliphatic rings. The highest BCUT2D eigenvalue weighted by molar-refractivity contribution is 9.10. The molecule has 3 heteroatoms. The fraction of sp³-hybridized carbons (Fsp3) is 0.500. The summed E-state index contributed by atoms with van der Waals surface area (Å²) in [6.07, 6.45) is 3.64.